The van der Waals surface area contributed by atoms with Gasteiger partial charge >= 0.3 is 0 Å². The summed E-state index contributed by atoms with van der Waals surface area (Å²) in [5.41, 5.74) is 2.39. The summed E-state index contributed by atoms with van der Waals surface area (Å²) in [7, 11) is 0. The van der Waals surface area contributed by atoms with Crippen LogP contribution in [0, 0.1) is 0 Å². The molecule has 0 saturated carbocycles. The van der Waals surface area contributed by atoms with Gasteiger partial charge in [-0.05, 0) is 61.5 Å². The molecule has 0 radical (unpaired) electrons. The molecule has 2 bridgehead atoms. The van der Waals surface area contributed by atoms with Gasteiger partial charge in [-0.25, -0.2) is 0 Å². The highest BCUT2D eigenvalue weighted by atomic mass is 32.1. The van der Waals surface area contributed by atoms with Crippen LogP contribution in [0.15, 0.2) is 71.3 Å². The normalized spacial score (nSPS) is 22.5. The Morgan fingerprint density at radius 2 is 1.90 bits per heavy atom. The van der Waals surface area contributed by atoms with Crippen LogP contribution < -0.4 is 9.64 Å². The van der Waals surface area contributed by atoms with Crippen LogP contribution in [-0.4, -0.2) is 21.6 Å². The fraction of sp³-hybridized carbons (Fsp3) is 0.250. The first-order valence-corrected chi connectivity index (χ1v) is 10.5. The van der Waals surface area contributed by atoms with Crippen LogP contribution in [0.5, 0.6) is 5.75 Å². The molecule has 5 nitrogen and oxygen atoms in total. The van der Waals surface area contributed by atoms with Crippen molar-refractivity contribution in [2.45, 2.75) is 38.5 Å². The van der Waals surface area contributed by atoms with Crippen LogP contribution in [0.3, 0.4) is 0 Å². The number of para-hydroxylation sites is 1. The van der Waals surface area contributed by atoms with Gasteiger partial charge in [0.15, 0.2) is 16.6 Å². The predicted molar refractivity (Wildman–Crippen MR) is 119 cm³/mol. The topological polar surface area (TPSA) is 45.9 Å². The average molecular weight is 419 g/mol. The minimum absolute atomic E-state index is 0.226. The maximum atomic E-state index is 13.4. The molecular formula is C24H22N2O3S. The number of fused-ring (bicyclic) bond motifs is 4. The highest BCUT2D eigenvalue weighted by Gasteiger charge is 2.53. The number of carbonyl (C=O) groups excluding carboxylic acids is 1. The summed E-state index contributed by atoms with van der Waals surface area (Å²) in [4.78, 5) is 17.1. The van der Waals surface area contributed by atoms with E-state index in [2.05, 4.69) is 19.1 Å². The standard InChI is InChI=1S/C24H22N2O3S/c1-3-16-10-12-17(13-11-16)26-23(30)25(22(27)21-9-6-14-28-21)19-15-24(26,2)29-20-8-5-4-7-18(19)20/h4-14,19H,3,15H2,1-2H3/t19-,24+/m0/s1. The average Bonchev–Trinajstić information content (AvgIpc) is 3.28. The summed E-state index contributed by atoms with van der Waals surface area (Å²) >= 11 is 5.91. The molecule has 2 aliphatic rings. The van der Waals surface area contributed by atoms with Gasteiger partial charge in [0.2, 0.25) is 0 Å². The lowest BCUT2D eigenvalue weighted by atomic mass is 9.88. The van der Waals surface area contributed by atoms with E-state index in [0.29, 0.717) is 11.5 Å². The van der Waals surface area contributed by atoms with E-state index in [4.69, 9.17) is 21.4 Å². The number of hydrogen-bond donors (Lipinski definition) is 0. The summed E-state index contributed by atoms with van der Waals surface area (Å²) in [6.07, 6.45) is 3.05. The zero-order valence-corrected chi connectivity index (χ0v) is 17.7. The molecule has 2 atom stereocenters. The second-order valence-electron chi connectivity index (χ2n) is 7.83. The van der Waals surface area contributed by atoms with Crippen molar-refractivity contribution < 1.29 is 13.9 Å². The molecule has 152 valence electrons. The van der Waals surface area contributed by atoms with Gasteiger partial charge < -0.3 is 9.15 Å². The van der Waals surface area contributed by atoms with E-state index >= 15 is 0 Å². The SMILES string of the molecule is CCc1ccc(N2C(=S)N(C(=O)c3ccco3)[C@H]3C[C@@]2(C)Oc2ccccc23)cc1. The number of thiocarbonyl (C=S) groups is 1. The van der Waals surface area contributed by atoms with E-state index in [-0.39, 0.29) is 17.7 Å². The third kappa shape index (κ3) is 2.82. The third-order valence-corrected chi connectivity index (χ3v) is 6.29. The zero-order chi connectivity index (χ0) is 20.9. The predicted octanol–water partition coefficient (Wildman–Crippen LogP) is 5.33. The maximum absolute atomic E-state index is 13.4. The Balaban J connectivity index is 1.66. The molecule has 1 aromatic heterocycles. The first-order valence-electron chi connectivity index (χ1n) is 10.1. The van der Waals surface area contributed by atoms with Crippen molar-refractivity contribution in [3.05, 3.63) is 83.8 Å². The fourth-order valence-electron chi connectivity index (χ4n) is 4.42. The third-order valence-electron chi connectivity index (χ3n) is 5.92. The van der Waals surface area contributed by atoms with Crippen molar-refractivity contribution in [1.29, 1.82) is 0 Å². The van der Waals surface area contributed by atoms with Crippen molar-refractivity contribution in [1.82, 2.24) is 4.90 Å². The minimum atomic E-state index is -0.705. The first kappa shape index (κ1) is 18.9. The van der Waals surface area contributed by atoms with Crippen molar-refractivity contribution in [3.8, 4) is 5.75 Å². The Labute approximate surface area is 180 Å². The molecule has 0 aliphatic carbocycles. The number of rotatable bonds is 3. The fourth-order valence-corrected chi connectivity index (χ4v) is 4.93. The second-order valence-corrected chi connectivity index (χ2v) is 8.19. The van der Waals surface area contributed by atoms with Gasteiger partial charge in [0.1, 0.15) is 5.75 Å². The minimum Gasteiger partial charge on any atom is -0.467 e. The van der Waals surface area contributed by atoms with Gasteiger partial charge in [0, 0.05) is 17.7 Å². The van der Waals surface area contributed by atoms with Gasteiger partial charge in [-0.15, -0.1) is 0 Å². The summed E-state index contributed by atoms with van der Waals surface area (Å²) in [6.45, 7) is 4.15. The number of ether oxygens (including phenoxy) is 1. The first-order chi connectivity index (χ1) is 14.5. The van der Waals surface area contributed by atoms with Crippen molar-refractivity contribution >= 4 is 28.9 Å². The Morgan fingerprint density at radius 3 is 2.60 bits per heavy atom. The lowest BCUT2D eigenvalue weighted by Gasteiger charge is -2.55. The molecule has 30 heavy (non-hydrogen) atoms. The molecule has 3 aromatic rings. The van der Waals surface area contributed by atoms with Crippen LogP contribution in [0.4, 0.5) is 5.69 Å². The van der Waals surface area contributed by atoms with E-state index in [9.17, 15) is 4.79 Å². The molecule has 1 amide bonds. The van der Waals surface area contributed by atoms with Gasteiger partial charge in [-0.1, -0.05) is 37.3 Å². The number of hydrogen-bond acceptors (Lipinski definition) is 4. The molecule has 0 spiro atoms. The molecular weight excluding hydrogens is 396 g/mol. The number of amides is 1. The molecule has 6 heteroatoms. The van der Waals surface area contributed by atoms with Gasteiger partial charge in [0.25, 0.3) is 5.91 Å². The van der Waals surface area contributed by atoms with Crippen LogP contribution in [0.2, 0.25) is 0 Å². The molecule has 0 N–H and O–H groups in total. The van der Waals surface area contributed by atoms with Crippen molar-refractivity contribution in [2.24, 2.45) is 0 Å². The molecule has 1 fully saturated rings. The smallest absolute Gasteiger partial charge is 0.296 e. The lowest BCUT2D eigenvalue weighted by molar-refractivity contribution is 0.0174. The second kappa shape index (κ2) is 6.99. The van der Waals surface area contributed by atoms with E-state index in [1.54, 1.807) is 17.0 Å². The number of furan rings is 1. The van der Waals surface area contributed by atoms with Crippen LogP contribution in [-0.2, 0) is 6.42 Å². The largest absolute Gasteiger partial charge is 0.467 e. The summed E-state index contributed by atoms with van der Waals surface area (Å²) in [5.74, 6) is 0.793. The Morgan fingerprint density at radius 1 is 1.13 bits per heavy atom. The molecule has 2 aromatic carbocycles. The number of benzene rings is 2. The molecule has 1 saturated heterocycles. The zero-order valence-electron chi connectivity index (χ0n) is 16.9. The molecule has 0 unspecified atom stereocenters. The van der Waals surface area contributed by atoms with Crippen molar-refractivity contribution in [2.75, 3.05) is 4.90 Å². The van der Waals surface area contributed by atoms with Crippen molar-refractivity contribution in [3.63, 3.8) is 0 Å². The maximum Gasteiger partial charge on any atom is 0.296 e. The number of nitrogens with zero attached hydrogens (tertiary/aromatic N) is 2. The lowest BCUT2D eigenvalue weighted by Crippen LogP contribution is -2.67. The Bertz CT molecular complexity index is 1110. The van der Waals surface area contributed by atoms with Crippen LogP contribution in [0.1, 0.15) is 48.0 Å². The van der Waals surface area contributed by atoms with Gasteiger partial charge in [0.05, 0.1) is 12.3 Å². The van der Waals surface area contributed by atoms with Gasteiger partial charge in [-0.3, -0.25) is 14.6 Å². The summed E-state index contributed by atoms with van der Waals surface area (Å²) in [5, 5.41) is 0.411. The van der Waals surface area contributed by atoms with E-state index in [0.717, 1.165) is 23.4 Å². The molecule has 2 aliphatic heterocycles. The van der Waals surface area contributed by atoms with E-state index in [1.165, 1.54) is 11.8 Å². The van der Waals surface area contributed by atoms with Crippen LogP contribution >= 0.6 is 12.2 Å². The monoisotopic (exact) mass is 418 g/mol. The molecule has 3 heterocycles. The van der Waals surface area contributed by atoms with Crippen LogP contribution in [0.25, 0.3) is 0 Å². The number of carbonyl (C=O) groups is 1. The quantitative estimate of drug-likeness (QED) is 0.538. The highest BCUT2D eigenvalue weighted by Crippen LogP contribution is 2.49. The summed E-state index contributed by atoms with van der Waals surface area (Å²) < 4.78 is 11.9. The Kier molecular flexibility index (Phi) is 4.40. The molecule has 5 rings (SSSR count). The Hall–Kier alpha value is -3.12. The van der Waals surface area contributed by atoms with Gasteiger partial charge in [-0.2, -0.15) is 0 Å². The van der Waals surface area contributed by atoms with E-state index < -0.39 is 5.72 Å². The van der Waals surface area contributed by atoms with E-state index in [1.807, 2.05) is 48.2 Å². The highest BCUT2D eigenvalue weighted by molar-refractivity contribution is 7.80. The number of anilines is 1. The number of aryl methyl sites for hydroxylation is 1. The summed E-state index contributed by atoms with van der Waals surface area (Å²) in [6, 6.07) is 19.3.